The minimum Gasteiger partial charge on any atom is -0.461 e. The lowest BCUT2D eigenvalue weighted by molar-refractivity contribution is 0.108. The van der Waals surface area contributed by atoms with Gasteiger partial charge >= 0.3 is 6.01 Å². The van der Waals surface area contributed by atoms with Crippen molar-refractivity contribution in [3.8, 4) is 29.3 Å². The Hall–Kier alpha value is -4.76. The number of nitrogens with zero attached hydrogens (tertiary/aromatic N) is 6. The zero-order valence-corrected chi connectivity index (χ0v) is 26.4. The van der Waals surface area contributed by atoms with Crippen LogP contribution in [0.3, 0.4) is 0 Å². The number of fused-ring (bicyclic) bond motifs is 4. The van der Waals surface area contributed by atoms with E-state index in [0.29, 0.717) is 61.4 Å². The highest BCUT2D eigenvalue weighted by Gasteiger charge is 2.48. The van der Waals surface area contributed by atoms with Gasteiger partial charge in [0, 0.05) is 54.3 Å². The van der Waals surface area contributed by atoms with Crippen LogP contribution in [0, 0.1) is 34.3 Å². The van der Waals surface area contributed by atoms with Crippen LogP contribution in [0.1, 0.15) is 42.4 Å². The molecule has 4 aromatic rings. The van der Waals surface area contributed by atoms with Gasteiger partial charge in [0.1, 0.15) is 40.9 Å². The fourth-order valence-corrected chi connectivity index (χ4v) is 9.02. The van der Waals surface area contributed by atoms with E-state index in [9.17, 15) is 19.3 Å². The van der Waals surface area contributed by atoms with Gasteiger partial charge in [-0.25, -0.2) is 8.78 Å². The molecule has 0 saturated carbocycles. The Morgan fingerprint density at radius 3 is 2.73 bits per heavy atom. The number of aromatic nitrogens is 2. The van der Waals surface area contributed by atoms with E-state index < -0.39 is 23.3 Å². The van der Waals surface area contributed by atoms with Crippen LogP contribution in [0.4, 0.5) is 28.4 Å². The Bertz CT molecular complexity index is 2200. The number of ether oxygens (including phenoxy) is 1. The normalized spacial score (nSPS) is 22.0. The first-order valence-electron chi connectivity index (χ1n) is 15.6. The molecule has 6 heterocycles. The second kappa shape index (κ2) is 11.2. The van der Waals surface area contributed by atoms with Gasteiger partial charge < -0.3 is 20.7 Å². The number of hydrogen-bond donors (Lipinski definition) is 2. The van der Waals surface area contributed by atoms with Gasteiger partial charge in [-0.3, -0.25) is 4.90 Å². The Morgan fingerprint density at radius 1 is 1.15 bits per heavy atom. The molecule has 3 fully saturated rings. The third-order valence-corrected chi connectivity index (χ3v) is 11.2. The molecule has 2 atom stereocenters. The van der Waals surface area contributed by atoms with Gasteiger partial charge in [0.25, 0.3) is 6.08 Å². The standard InChI is InChI=1S/C34H28F4N8OS/c1-16-9-18-13-42-6-8-46(18)32-26-23(16)20(11-39)24(19-3-4-22(35)29-25(19)21(12-40)31(41)48-29)27(36)28(26)43-33(44-32)47-15-34-5-2-7-45(34)14-17(10-34)30(37)38/h3-4,18,42H,1-2,5-10,13-15,41H2/t18-,34?/m1/s1. The number of nitrogens with one attached hydrogen (secondary N) is 1. The van der Waals surface area contributed by atoms with Crippen molar-refractivity contribution in [2.24, 2.45) is 0 Å². The molecule has 3 saturated heterocycles. The van der Waals surface area contributed by atoms with Gasteiger partial charge in [-0.05, 0) is 49.4 Å². The number of nitrogen functional groups attached to an aromatic ring is 1. The number of hydrogen-bond acceptors (Lipinski definition) is 10. The van der Waals surface area contributed by atoms with E-state index in [1.165, 1.54) is 6.07 Å². The maximum absolute atomic E-state index is 17.3. The molecule has 2 aromatic heterocycles. The number of thiophene rings is 1. The van der Waals surface area contributed by atoms with E-state index in [1.807, 2.05) is 15.9 Å². The molecule has 2 aromatic carbocycles. The Balaban J connectivity index is 1.37. The average Bonchev–Trinajstić information content (AvgIpc) is 3.72. The largest absolute Gasteiger partial charge is 0.461 e. The van der Waals surface area contributed by atoms with Crippen LogP contribution in [-0.2, 0) is 0 Å². The molecule has 4 aliphatic rings. The van der Waals surface area contributed by atoms with Crippen molar-refractivity contribution in [1.82, 2.24) is 20.2 Å². The Kier molecular flexibility index (Phi) is 7.11. The number of rotatable bonds is 4. The zero-order chi connectivity index (χ0) is 33.5. The molecule has 0 aliphatic carbocycles. The lowest BCUT2D eigenvalue weighted by atomic mass is 9.86. The predicted molar refractivity (Wildman–Crippen MR) is 175 cm³/mol. The Labute approximate surface area is 276 Å². The smallest absolute Gasteiger partial charge is 0.319 e. The van der Waals surface area contributed by atoms with Crippen LogP contribution in [0.2, 0.25) is 0 Å². The third-order valence-electron chi connectivity index (χ3n) is 10.2. The SMILES string of the molecule is C=C1C[C@@H]2CNCCN2c2nc(OCC34CCCN3CC(=C(F)F)C4)nc3c(F)c(-c4ccc(F)c5sc(N)c(C#N)c45)c(C#N)c1c23. The van der Waals surface area contributed by atoms with E-state index in [2.05, 4.69) is 22.9 Å². The van der Waals surface area contributed by atoms with Gasteiger partial charge in [-0.15, -0.1) is 11.3 Å². The van der Waals surface area contributed by atoms with E-state index in [1.54, 1.807) is 0 Å². The van der Waals surface area contributed by atoms with Crippen molar-refractivity contribution in [1.29, 1.82) is 10.5 Å². The molecule has 8 rings (SSSR count). The minimum absolute atomic E-state index is 0.0109. The maximum atomic E-state index is 17.3. The summed E-state index contributed by atoms with van der Waals surface area (Å²) >= 11 is 0.877. The minimum atomic E-state index is -1.67. The molecular weight excluding hydrogens is 644 g/mol. The molecular formula is C34H28F4N8OS. The maximum Gasteiger partial charge on any atom is 0.319 e. The highest BCUT2D eigenvalue weighted by Crippen LogP contribution is 2.49. The molecule has 4 aliphatic heterocycles. The summed E-state index contributed by atoms with van der Waals surface area (Å²) in [6.07, 6.45) is 0.415. The topological polar surface area (TPSA) is 127 Å². The third kappa shape index (κ3) is 4.40. The van der Waals surface area contributed by atoms with E-state index in [-0.39, 0.29) is 80.1 Å². The molecule has 0 spiro atoms. The summed E-state index contributed by atoms with van der Waals surface area (Å²) in [5, 5.41) is 24.5. The predicted octanol–water partition coefficient (Wildman–Crippen LogP) is 6.08. The summed E-state index contributed by atoms with van der Waals surface area (Å²) in [7, 11) is 0. The molecule has 1 unspecified atom stereocenters. The molecule has 244 valence electrons. The van der Waals surface area contributed by atoms with Gasteiger partial charge in [-0.2, -0.15) is 29.3 Å². The number of nitrogens with two attached hydrogens (primary N) is 1. The monoisotopic (exact) mass is 672 g/mol. The summed E-state index contributed by atoms with van der Waals surface area (Å²) in [5.74, 6) is -1.11. The van der Waals surface area contributed by atoms with E-state index in [4.69, 9.17) is 15.5 Å². The molecule has 0 amide bonds. The second-order valence-electron chi connectivity index (χ2n) is 12.8. The van der Waals surface area contributed by atoms with Crippen molar-refractivity contribution < 1.29 is 22.3 Å². The molecule has 48 heavy (non-hydrogen) atoms. The highest BCUT2D eigenvalue weighted by molar-refractivity contribution is 7.23. The van der Waals surface area contributed by atoms with Crippen molar-refractivity contribution in [2.75, 3.05) is 50.0 Å². The average molecular weight is 673 g/mol. The number of benzene rings is 2. The molecule has 0 bridgehead atoms. The highest BCUT2D eigenvalue weighted by atomic mass is 32.1. The van der Waals surface area contributed by atoms with Gasteiger partial charge in [-0.1, -0.05) is 12.6 Å². The number of nitriles is 2. The van der Waals surface area contributed by atoms with Crippen molar-refractivity contribution in [3.63, 3.8) is 0 Å². The molecule has 9 nitrogen and oxygen atoms in total. The van der Waals surface area contributed by atoms with Crippen molar-refractivity contribution in [2.45, 2.75) is 37.3 Å². The summed E-state index contributed by atoms with van der Waals surface area (Å²) in [6, 6.07) is 6.46. The van der Waals surface area contributed by atoms with Crippen molar-refractivity contribution in [3.05, 3.63) is 58.7 Å². The second-order valence-corrected chi connectivity index (χ2v) is 13.8. The van der Waals surface area contributed by atoms with Crippen molar-refractivity contribution >= 4 is 48.7 Å². The van der Waals surface area contributed by atoms with Crippen LogP contribution in [0.25, 0.3) is 37.7 Å². The summed E-state index contributed by atoms with van der Waals surface area (Å²) < 4.78 is 65.9. The number of piperazine rings is 1. The van der Waals surface area contributed by atoms with Crippen LogP contribution in [0.15, 0.2) is 30.4 Å². The first kappa shape index (κ1) is 30.6. The molecule has 0 radical (unpaired) electrons. The lowest BCUT2D eigenvalue weighted by Gasteiger charge is -2.36. The first-order valence-corrected chi connectivity index (χ1v) is 16.4. The summed E-state index contributed by atoms with van der Waals surface area (Å²) in [4.78, 5) is 13.4. The van der Waals surface area contributed by atoms with E-state index in [0.717, 1.165) is 23.8 Å². The Morgan fingerprint density at radius 2 is 1.96 bits per heavy atom. The molecule has 14 heteroatoms. The van der Waals surface area contributed by atoms with Crippen LogP contribution in [0.5, 0.6) is 6.01 Å². The lowest BCUT2D eigenvalue weighted by Crippen LogP contribution is -2.51. The van der Waals surface area contributed by atoms with Crippen LogP contribution in [-0.4, -0.2) is 65.8 Å². The van der Waals surface area contributed by atoms with Gasteiger partial charge in [0.2, 0.25) is 0 Å². The molecule has 3 N–H and O–H groups in total. The summed E-state index contributed by atoms with van der Waals surface area (Å²) in [6.45, 7) is 6.95. The fraction of sp³-hybridized carbons (Fsp3) is 0.353. The number of halogens is 4. The quantitative estimate of drug-likeness (QED) is 0.248. The van der Waals surface area contributed by atoms with E-state index >= 15 is 8.78 Å². The van der Waals surface area contributed by atoms with Crippen LogP contribution < -0.4 is 20.7 Å². The zero-order valence-electron chi connectivity index (χ0n) is 25.6. The van der Waals surface area contributed by atoms with Crippen LogP contribution >= 0.6 is 11.3 Å². The van der Waals surface area contributed by atoms with Gasteiger partial charge in [0.05, 0.1) is 26.8 Å². The number of anilines is 2. The fourth-order valence-electron chi connectivity index (χ4n) is 8.07. The summed E-state index contributed by atoms with van der Waals surface area (Å²) in [5.41, 5.74) is 6.30. The van der Waals surface area contributed by atoms with Gasteiger partial charge in [0.15, 0.2) is 5.82 Å². The first-order chi connectivity index (χ1) is 23.2.